The van der Waals surface area contributed by atoms with Crippen LogP contribution in [-0.2, 0) is 0 Å². The van der Waals surface area contributed by atoms with Crippen molar-refractivity contribution >= 4 is 0 Å². The first-order valence-electron chi connectivity index (χ1n) is 9.05. The van der Waals surface area contributed by atoms with Crippen molar-refractivity contribution < 1.29 is 9.47 Å². The Labute approximate surface area is 143 Å². The van der Waals surface area contributed by atoms with Crippen molar-refractivity contribution in [3.63, 3.8) is 0 Å². The molecule has 0 saturated carbocycles. The molecule has 2 aromatic carbocycles. The minimum Gasteiger partial charge on any atom is -0.494 e. The van der Waals surface area contributed by atoms with Gasteiger partial charge in [-0.3, -0.25) is 0 Å². The summed E-state index contributed by atoms with van der Waals surface area (Å²) < 4.78 is 12.0. The highest BCUT2D eigenvalue weighted by Crippen LogP contribution is 2.54. The highest BCUT2D eigenvalue weighted by atomic mass is 16.5. The molecule has 0 saturated heterocycles. The first-order chi connectivity index (χ1) is 11.8. The Hall–Kier alpha value is -2.22. The molecular formula is C22H22O2. The van der Waals surface area contributed by atoms with E-state index in [1.165, 1.54) is 47.1 Å². The summed E-state index contributed by atoms with van der Waals surface area (Å²) in [5, 5.41) is 0. The molecule has 1 aliphatic heterocycles. The molecule has 2 aromatic rings. The molecule has 2 nitrogen and oxygen atoms in total. The fraction of sp³-hybridized carbons (Fsp3) is 0.364. The van der Waals surface area contributed by atoms with E-state index in [4.69, 9.17) is 9.47 Å². The van der Waals surface area contributed by atoms with Crippen molar-refractivity contribution in [2.45, 2.75) is 45.1 Å². The van der Waals surface area contributed by atoms with Crippen LogP contribution in [0.5, 0.6) is 11.5 Å². The van der Waals surface area contributed by atoms with Gasteiger partial charge >= 0.3 is 0 Å². The van der Waals surface area contributed by atoms with Crippen molar-refractivity contribution in [3.8, 4) is 22.6 Å². The molecule has 0 amide bonds. The van der Waals surface area contributed by atoms with E-state index in [2.05, 4.69) is 43.3 Å². The summed E-state index contributed by atoms with van der Waals surface area (Å²) in [6.07, 6.45) is 3.80. The average Bonchev–Trinajstić information content (AvgIpc) is 3.15. The van der Waals surface area contributed by atoms with E-state index in [0.29, 0.717) is 12.5 Å². The first kappa shape index (κ1) is 14.2. The van der Waals surface area contributed by atoms with Crippen LogP contribution in [0.1, 0.15) is 50.2 Å². The summed E-state index contributed by atoms with van der Waals surface area (Å²) >= 11 is 0. The fourth-order valence-electron chi connectivity index (χ4n) is 4.78. The van der Waals surface area contributed by atoms with E-state index in [0.717, 1.165) is 11.5 Å². The van der Waals surface area contributed by atoms with Crippen LogP contribution in [0.15, 0.2) is 47.5 Å². The highest BCUT2D eigenvalue weighted by molar-refractivity contribution is 5.82. The molecule has 2 unspecified atom stereocenters. The summed E-state index contributed by atoms with van der Waals surface area (Å²) in [5.74, 6) is 2.37. The predicted octanol–water partition coefficient (Wildman–Crippen LogP) is 5.46. The van der Waals surface area contributed by atoms with Gasteiger partial charge in [-0.15, -0.1) is 0 Å². The Morgan fingerprint density at radius 2 is 1.75 bits per heavy atom. The second kappa shape index (κ2) is 5.14. The van der Waals surface area contributed by atoms with E-state index in [1.807, 2.05) is 6.92 Å². The molecule has 0 fully saturated rings. The van der Waals surface area contributed by atoms with Crippen LogP contribution in [0.25, 0.3) is 11.1 Å². The quantitative estimate of drug-likeness (QED) is 0.685. The topological polar surface area (TPSA) is 18.5 Å². The number of ether oxygens (including phenoxy) is 2. The molecular weight excluding hydrogens is 296 g/mol. The Kier molecular flexibility index (Phi) is 3.03. The van der Waals surface area contributed by atoms with Crippen LogP contribution in [0.2, 0.25) is 0 Å². The standard InChI is InChI=1S/C22H22O2/c1-3-23-14-7-9-17-18-10-8-15-12-21(18)22(20(17)11-14)19-6-4-5-16(19)13(2)24-15/h7-13,22H,3-6H2,1-2H3. The predicted molar refractivity (Wildman–Crippen MR) is 95.9 cm³/mol. The lowest BCUT2D eigenvalue weighted by molar-refractivity contribution is 0.252. The summed E-state index contributed by atoms with van der Waals surface area (Å²) in [6.45, 7) is 4.95. The summed E-state index contributed by atoms with van der Waals surface area (Å²) in [5.41, 5.74) is 8.66. The molecule has 0 radical (unpaired) electrons. The Morgan fingerprint density at radius 3 is 2.58 bits per heavy atom. The van der Waals surface area contributed by atoms with E-state index in [9.17, 15) is 0 Å². The summed E-state index contributed by atoms with van der Waals surface area (Å²) in [7, 11) is 0. The van der Waals surface area contributed by atoms with Gasteiger partial charge in [0.15, 0.2) is 0 Å². The number of benzene rings is 2. The third-order valence-corrected chi connectivity index (χ3v) is 5.73. The van der Waals surface area contributed by atoms with E-state index < -0.39 is 0 Å². The van der Waals surface area contributed by atoms with E-state index in [-0.39, 0.29) is 6.10 Å². The van der Waals surface area contributed by atoms with Gasteiger partial charge in [0.25, 0.3) is 0 Å². The number of rotatable bonds is 2. The SMILES string of the molecule is CCOc1ccc2c(c1)C1C3=C(CCC3)C(C)Oc3ccc-2c1c3. The van der Waals surface area contributed by atoms with Gasteiger partial charge in [-0.25, -0.2) is 0 Å². The van der Waals surface area contributed by atoms with Gasteiger partial charge in [-0.2, -0.15) is 0 Å². The monoisotopic (exact) mass is 318 g/mol. The molecule has 122 valence electrons. The van der Waals surface area contributed by atoms with Gasteiger partial charge in [0.1, 0.15) is 17.6 Å². The maximum absolute atomic E-state index is 6.22. The highest BCUT2D eigenvalue weighted by Gasteiger charge is 2.37. The van der Waals surface area contributed by atoms with Crippen molar-refractivity contribution in [1.29, 1.82) is 0 Å². The summed E-state index contributed by atoms with van der Waals surface area (Å²) in [6, 6.07) is 13.2. The minimum atomic E-state index is 0.181. The zero-order chi connectivity index (χ0) is 16.3. The summed E-state index contributed by atoms with van der Waals surface area (Å²) in [4.78, 5) is 0. The molecule has 2 atom stereocenters. The second-order valence-corrected chi connectivity index (χ2v) is 7.03. The molecule has 1 heterocycles. The number of hydrogen-bond donors (Lipinski definition) is 0. The fourth-order valence-corrected chi connectivity index (χ4v) is 4.78. The third kappa shape index (κ3) is 1.89. The van der Waals surface area contributed by atoms with Crippen LogP contribution in [0.3, 0.4) is 0 Å². The minimum absolute atomic E-state index is 0.181. The third-order valence-electron chi connectivity index (χ3n) is 5.73. The number of hydrogen-bond acceptors (Lipinski definition) is 2. The zero-order valence-corrected chi connectivity index (χ0v) is 14.3. The van der Waals surface area contributed by atoms with Crippen LogP contribution < -0.4 is 9.47 Å². The van der Waals surface area contributed by atoms with Crippen molar-refractivity contribution in [1.82, 2.24) is 0 Å². The molecule has 0 spiro atoms. The number of allylic oxidation sites excluding steroid dienone is 1. The van der Waals surface area contributed by atoms with Gasteiger partial charge in [0.05, 0.1) is 6.61 Å². The maximum atomic E-state index is 6.22. The molecule has 3 aliphatic rings. The largest absolute Gasteiger partial charge is 0.494 e. The van der Waals surface area contributed by atoms with E-state index >= 15 is 0 Å². The molecule has 2 aliphatic carbocycles. The Bertz CT molecular complexity index is 862. The van der Waals surface area contributed by atoms with E-state index in [1.54, 1.807) is 5.57 Å². The maximum Gasteiger partial charge on any atom is 0.120 e. The molecule has 2 bridgehead atoms. The van der Waals surface area contributed by atoms with Crippen molar-refractivity contribution in [2.75, 3.05) is 6.61 Å². The van der Waals surface area contributed by atoms with Gasteiger partial charge in [-0.05, 0) is 85.2 Å². The van der Waals surface area contributed by atoms with Crippen LogP contribution in [0.4, 0.5) is 0 Å². The number of fused-ring (bicyclic) bond motifs is 5. The molecule has 5 rings (SSSR count). The normalized spacial score (nSPS) is 23.2. The van der Waals surface area contributed by atoms with Crippen LogP contribution in [0, 0.1) is 0 Å². The lowest BCUT2D eigenvalue weighted by atomic mass is 9.85. The van der Waals surface area contributed by atoms with Gasteiger partial charge in [-0.1, -0.05) is 17.7 Å². The molecule has 24 heavy (non-hydrogen) atoms. The average molecular weight is 318 g/mol. The Balaban J connectivity index is 1.77. The first-order valence-corrected chi connectivity index (χ1v) is 9.05. The van der Waals surface area contributed by atoms with Gasteiger partial charge in [0, 0.05) is 5.92 Å². The molecule has 0 aromatic heterocycles. The van der Waals surface area contributed by atoms with Crippen LogP contribution in [-0.4, -0.2) is 12.7 Å². The molecule has 0 N–H and O–H groups in total. The van der Waals surface area contributed by atoms with Gasteiger partial charge < -0.3 is 9.47 Å². The Morgan fingerprint density at radius 1 is 1.00 bits per heavy atom. The van der Waals surface area contributed by atoms with Crippen LogP contribution >= 0.6 is 0 Å². The van der Waals surface area contributed by atoms with Crippen molar-refractivity contribution in [3.05, 3.63) is 58.7 Å². The van der Waals surface area contributed by atoms with Crippen molar-refractivity contribution in [2.24, 2.45) is 0 Å². The smallest absolute Gasteiger partial charge is 0.120 e. The van der Waals surface area contributed by atoms with Gasteiger partial charge in [0.2, 0.25) is 0 Å². The lowest BCUT2D eigenvalue weighted by Gasteiger charge is -2.25. The zero-order valence-electron chi connectivity index (χ0n) is 14.3. The molecule has 2 heteroatoms. The second-order valence-electron chi connectivity index (χ2n) is 7.03. The lowest BCUT2D eigenvalue weighted by Crippen LogP contribution is -2.18.